The van der Waals surface area contributed by atoms with Gasteiger partial charge in [-0.05, 0) is 80.0 Å². The Balaban J connectivity index is 1.54. The molecule has 1 heteroatoms. The van der Waals surface area contributed by atoms with Crippen LogP contribution in [-0.2, 0) is 4.74 Å². The molecule has 5 rings (SSSR count). The summed E-state index contributed by atoms with van der Waals surface area (Å²) >= 11 is 0. The second kappa shape index (κ2) is 3.65. The lowest BCUT2D eigenvalue weighted by atomic mass is 9.45. The van der Waals surface area contributed by atoms with Crippen molar-refractivity contribution < 1.29 is 4.74 Å². The summed E-state index contributed by atoms with van der Waals surface area (Å²) < 4.78 is 6.44. The van der Waals surface area contributed by atoms with Gasteiger partial charge in [0.05, 0.1) is 6.10 Å². The van der Waals surface area contributed by atoms with Crippen LogP contribution in [0, 0.1) is 28.6 Å². The van der Waals surface area contributed by atoms with Crippen LogP contribution in [0.4, 0.5) is 0 Å². The third-order valence-corrected chi connectivity index (χ3v) is 8.83. The van der Waals surface area contributed by atoms with Crippen molar-refractivity contribution in [3.63, 3.8) is 0 Å². The maximum atomic E-state index is 6.44. The topological polar surface area (TPSA) is 12.5 Å². The third-order valence-electron chi connectivity index (χ3n) is 8.83. The predicted molar refractivity (Wildman–Crippen MR) is 80.5 cm³/mol. The first-order chi connectivity index (χ1) is 9.60. The quantitative estimate of drug-likeness (QED) is 0.570. The maximum absolute atomic E-state index is 6.44. The van der Waals surface area contributed by atoms with E-state index >= 15 is 0 Å². The average Bonchev–Trinajstić information content (AvgIpc) is 3.10. The normalized spacial score (nSPS) is 63.9. The highest BCUT2D eigenvalue weighted by Gasteiger charge is 2.77. The second-order valence-corrected chi connectivity index (χ2v) is 9.28. The SMILES string of the molecule is C[C@]12CCCC[C@@H]1CC[C@@H]1[C@@H]2CC[C@]2(C)CC[C@@H]3O[C@@]312. The van der Waals surface area contributed by atoms with Gasteiger partial charge in [0, 0.05) is 0 Å². The van der Waals surface area contributed by atoms with Crippen LogP contribution in [0.25, 0.3) is 0 Å². The number of epoxide rings is 1. The van der Waals surface area contributed by atoms with Gasteiger partial charge in [0.25, 0.3) is 0 Å². The molecule has 1 aliphatic heterocycles. The average molecular weight is 274 g/mol. The summed E-state index contributed by atoms with van der Waals surface area (Å²) in [4.78, 5) is 0. The van der Waals surface area contributed by atoms with Gasteiger partial charge in [0.15, 0.2) is 0 Å². The van der Waals surface area contributed by atoms with Crippen molar-refractivity contribution in [2.75, 3.05) is 0 Å². The molecule has 0 radical (unpaired) electrons. The number of fused-ring (bicyclic) bond motifs is 3. The van der Waals surface area contributed by atoms with Gasteiger partial charge in [-0.3, -0.25) is 0 Å². The third kappa shape index (κ3) is 1.22. The van der Waals surface area contributed by atoms with Gasteiger partial charge in [-0.1, -0.05) is 26.7 Å². The minimum absolute atomic E-state index is 0.349. The molecule has 0 bridgehead atoms. The molecule has 7 atom stereocenters. The van der Waals surface area contributed by atoms with E-state index in [1.165, 1.54) is 64.2 Å². The molecule has 4 saturated carbocycles. The highest BCUT2D eigenvalue weighted by molar-refractivity contribution is 5.25. The fourth-order valence-electron chi connectivity index (χ4n) is 7.70. The fraction of sp³-hybridized carbons (Fsp3) is 1.00. The summed E-state index contributed by atoms with van der Waals surface area (Å²) in [6.07, 6.45) is 15.4. The van der Waals surface area contributed by atoms with E-state index < -0.39 is 0 Å². The molecule has 112 valence electrons. The Kier molecular flexibility index (Phi) is 2.28. The van der Waals surface area contributed by atoms with Crippen LogP contribution >= 0.6 is 0 Å². The Hall–Kier alpha value is -0.0400. The van der Waals surface area contributed by atoms with Crippen LogP contribution in [0.1, 0.15) is 78.1 Å². The minimum Gasteiger partial charge on any atom is -0.365 e. The summed E-state index contributed by atoms with van der Waals surface area (Å²) in [5, 5.41) is 0. The molecule has 0 aromatic rings. The van der Waals surface area contributed by atoms with Gasteiger partial charge >= 0.3 is 0 Å². The Morgan fingerprint density at radius 1 is 0.800 bits per heavy atom. The summed E-state index contributed by atoms with van der Waals surface area (Å²) in [6.45, 7) is 5.23. The number of rotatable bonds is 0. The summed E-state index contributed by atoms with van der Waals surface area (Å²) in [5.41, 5.74) is 1.55. The van der Waals surface area contributed by atoms with Crippen molar-refractivity contribution in [3.05, 3.63) is 0 Å². The van der Waals surface area contributed by atoms with Crippen LogP contribution in [0.2, 0.25) is 0 Å². The first-order valence-electron chi connectivity index (χ1n) is 9.28. The highest BCUT2D eigenvalue weighted by Crippen LogP contribution is 2.74. The maximum Gasteiger partial charge on any atom is 0.103 e. The van der Waals surface area contributed by atoms with Crippen molar-refractivity contribution in [2.45, 2.75) is 89.8 Å². The highest BCUT2D eigenvalue weighted by atomic mass is 16.6. The van der Waals surface area contributed by atoms with Crippen molar-refractivity contribution >= 4 is 0 Å². The van der Waals surface area contributed by atoms with E-state index in [-0.39, 0.29) is 0 Å². The van der Waals surface area contributed by atoms with Gasteiger partial charge in [-0.2, -0.15) is 0 Å². The Morgan fingerprint density at radius 3 is 2.50 bits per heavy atom. The van der Waals surface area contributed by atoms with E-state index in [2.05, 4.69) is 13.8 Å². The lowest BCUT2D eigenvalue weighted by Gasteiger charge is -2.60. The van der Waals surface area contributed by atoms with Gasteiger partial charge in [-0.15, -0.1) is 0 Å². The molecule has 20 heavy (non-hydrogen) atoms. The second-order valence-electron chi connectivity index (χ2n) is 9.28. The molecule has 4 aliphatic carbocycles. The molecule has 0 unspecified atom stereocenters. The van der Waals surface area contributed by atoms with Crippen LogP contribution in [0.15, 0.2) is 0 Å². The molecule has 1 spiro atoms. The zero-order chi connectivity index (χ0) is 13.6. The standard InChI is InChI=1S/C19H30O/c1-17-11-8-14-15(19(17)16(20-19)9-12-17)7-6-13-5-3-4-10-18(13,14)2/h13-16H,3-12H2,1-2H3/t13-,14+,15-,16+,17-,18+,19-/m1/s1. The summed E-state index contributed by atoms with van der Waals surface area (Å²) in [7, 11) is 0. The molecule has 1 saturated heterocycles. The van der Waals surface area contributed by atoms with E-state index in [9.17, 15) is 0 Å². The molecular formula is C19H30O. The molecule has 0 N–H and O–H groups in total. The molecular weight excluding hydrogens is 244 g/mol. The van der Waals surface area contributed by atoms with E-state index in [4.69, 9.17) is 4.74 Å². The monoisotopic (exact) mass is 274 g/mol. The van der Waals surface area contributed by atoms with Gasteiger partial charge < -0.3 is 4.74 Å². The first kappa shape index (κ1) is 12.5. The van der Waals surface area contributed by atoms with E-state index in [0.717, 1.165) is 17.8 Å². The van der Waals surface area contributed by atoms with Crippen LogP contribution in [0.3, 0.4) is 0 Å². The number of hydrogen-bond acceptors (Lipinski definition) is 1. The Morgan fingerprint density at radius 2 is 1.65 bits per heavy atom. The van der Waals surface area contributed by atoms with Gasteiger partial charge in [0.2, 0.25) is 0 Å². The Bertz CT molecular complexity index is 445. The fourth-order valence-corrected chi connectivity index (χ4v) is 7.70. The molecule has 1 heterocycles. The van der Waals surface area contributed by atoms with E-state index in [0.29, 0.717) is 22.5 Å². The van der Waals surface area contributed by atoms with Crippen molar-refractivity contribution in [3.8, 4) is 0 Å². The van der Waals surface area contributed by atoms with Crippen molar-refractivity contribution in [2.24, 2.45) is 28.6 Å². The molecule has 0 aromatic carbocycles. The predicted octanol–water partition coefficient (Wildman–Crippen LogP) is 4.94. The largest absolute Gasteiger partial charge is 0.365 e. The first-order valence-corrected chi connectivity index (χ1v) is 9.28. The zero-order valence-corrected chi connectivity index (χ0v) is 13.3. The lowest BCUT2D eigenvalue weighted by Crippen LogP contribution is -2.56. The smallest absolute Gasteiger partial charge is 0.103 e. The van der Waals surface area contributed by atoms with Gasteiger partial charge in [-0.25, -0.2) is 0 Å². The molecule has 1 nitrogen and oxygen atoms in total. The zero-order valence-electron chi connectivity index (χ0n) is 13.3. The van der Waals surface area contributed by atoms with Crippen LogP contribution in [0.5, 0.6) is 0 Å². The van der Waals surface area contributed by atoms with E-state index in [1.807, 2.05) is 0 Å². The molecule has 5 aliphatic rings. The van der Waals surface area contributed by atoms with Crippen LogP contribution in [-0.4, -0.2) is 11.7 Å². The molecule has 0 aromatic heterocycles. The van der Waals surface area contributed by atoms with Crippen molar-refractivity contribution in [1.82, 2.24) is 0 Å². The number of ether oxygens (including phenoxy) is 1. The summed E-state index contributed by atoms with van der Waals surface area (Å²) in [6, 6.07) is 0. The number of hydrogen-bond donors (Lipinski definition) is 0. The van der Waals surface area contributed by atoms with Crippen molar-refractivity contribution in [1.29, 1.82) is 0 Å². The van der Waals surface area contributed by atoms with E-state index in [1.54, 1.807) is 0 Å². The minimum atomic E-state index is 0.349. The van der Waals surface area contributed by atoms with Gasteiger partial charge in [0.1, 0.15) is 5.60 Å². The van der Waals surface area contributed by atoms with Crippen LogP contribution < -0.4 is 0 Å². The Labute approximate surface area is 123 Å². The summed E-state index contributed by atoms with van der Waals surface area (Å²) in [5.74, 6) is 2.93. The molecule has 0 amide bonds. The molecule has 5 fully saturated rings. The lowest BCUT2D eigenvalue weighted by molar-refractivity contribution is -0.122.